The van der Waals surface area contributed by atoms with Crippen molar-refractivity contribution in [3.05, 3.63) is 0 Å². The zero-order valence-electron chi connectivity index (χ0n) is 8.74. The van der Waals surface area contributed by atoms with Crippen LogP contribution in [-0.2, 0) is 4.79 Å². The minimum atomic E-state index is 0.350. The third-order valence-electron chi connectivity index (χ3n) is 3.37. The predicted molar refractivity (Wildman–Crippen MR) is 55.7 cm³/mol. The van der Waals surface area contributed by atoms with Crippen LogP contribution >= 0.6 is 0 Å². The average Bonchev–Trinajstić information content (AvgIpc) is 2.84. The summed E-state index contributed by atoms with van der Waals surface area (Å²) in [7, 11) is 0. The molecular weight excluding hydrogens is 176 g/mol. The van der Waals surface area contributed by atoms with Gasteiger partial charge in [0.25, 0.3) is 0 Å². The second-order valence-electron chi connectivity index (χ2n) is 4.61. The molecule has 0 saturated heterocycles. The smallest absolute Gasteiger partial charge is 0.223 e. The quantitative estimate of drug-likeness (QED) is 0.716. The SMILES string of the molecule is NCCN(C(=O)CC1CC1)C1CCC1. The molecule has 0 aromatic carbocycles. The third-order valence-corrected chi connectivity index (χ3v) is 3.37. The Morgan fingerprint density at radius 3 is 2.43 bits per heavy atom. The molecule has 0 aromatic heterocycles. The highest BCUT2D eigenvalue weighted by Gasteiger charge is 2.32. The van der Waals surface area contributed by atoms with Crippen molar-refractivity contribution < 1.29 is 4.79 Å². The molecule has 2 N–H and O–H groups in total. The number of carbonyl (C=O) groups is 1. The van der Waals surface area contributed by atoms with Gasteiger partial charge in [0.1, 0.15) is 0 Å². The number of carbonyl (C=O) groups excluding carboxylic acids is 1. The van der Waals surface area contributed by atoms with Gasteiger partial charge in [0.15, 0.2) is 0 Å². The van der Waals surface area contributed by atoms with E-state index in [1.807, 2.05) is 4.90 Å². The largest absolute Gasteiger partial charge is 0.338 e. The Morgan fingerprint density at radius 2 is 2.00 bits per heavy atom. The minimum absolute atomic E-state index is 0.350. The lowest BCUT2D eigenvalue weighted by atomic mass is 9.91. The molecule has 0 radical (unpaired) electrons. The summed E-state index contributed by atoms with van der Waals surface area (Å²) in [6.07, 6.45) is 6.95. The monoisotopic (exact) mass is 196 g/mol. The van der Waals surface area contributed by atoms with Gasteiger partial charge in [0.2, 0.25) is 5.91 Å². The van der Waals surface area contributed by atoms with Crippen molar-refractivity contribution in [1.82, 2.24) is 4.90 Å². The summed E-state index contributed by atoms with van der Waals surface area (Å²) >= 11 is 0. The van der Waals surface area contributed by atoms with Gasteiger partial charge in [-0.2, -0.15) is 0 Å². The van der Waals surface area contributed by atoms with E-state index in [0.29, 0.717) is 24.4 Å². The van der Waals surface area contributed by atoms with Crippen LogP contribution in [0.4, 0.5) is 0 Å². The number of hydrogen-bond donors (Lipinski definition) is 1. The van der Waals surface area contributed by atoms with Crippen LogP contribution in [0.2, 0.25) is 0 Å². The van der Waals surface area contributed by atoms with E-state index >= 15 is 0 Å². The van der Waals surface area contributed by atoms with Gasteiger partial charge in [-0.3, -0.25) is 4.79 Å². The number of nitrogens with two attached hydrogens (primary N) is 1. The molecule has 0 bridgehead atoms. The van der Waals surface area contributed by atoms with Crippen LogP contribution in [0.3, 0.4) is 0 Å². The van der Waals surface area contributed by atoms with E-state index in [1.165, 1.54) is 32.1 Å². The molecule has 3 nitrogen and oxygen atoms in total. The van der Waals surface area contributed by atoms with Crippen molar-refractivity contribution in [1.29, 1.82) is 0 Å². The van der Waals surface area contributed by atoms with Gasteiger partial charge in [-0.1, -0.05) is 0 Å². The molecule has 0 spiro atoms. The lowest BCUT2D eigenvalue weighted by Gasteiger charge is -2.37. The maximum Gasteiger partial charge on any atom is 0.223 e. The van der Waals surface area contributed by atoms with Crippen LogP contribution in [-0.4, -0.2) is 29.9 Å². The first kappa shape index (κ1) is 9.97. The Bertz CT molecular complexity index is 209. The van der Waals surface area contributed by atoms with Crippen LogP contribution in [0.1, 0.15) is 38.5 Å². The van der Waals surface area contributed by atoms with Gasteiger partial charge < -0.3 is 10.6 Å². The molecule has 80 valence electrons. The molecule has 2 aliphatic carbocycles. The summed E-state index contributed by atoms with van der Waals surface area (Å²) in [6.45, 7) is 1.36. The second kappa shape index (κ2) is 4.30. The molecule has 1 amide bonds. The third kappa shape index (κ3) is 2.27. The normalized spacial score (nSPS) is 21.8. The Balaban J connectivity index is 1.83. The first-order valence-corrected chi connectivity index (χ1v) is 5.81. The van der Waals surface area contributed by atoms with Crippen LogP contribution in [0.5, 0.6) is 0 Å². The van der Waals surface area contributed by atoms with Crippen molar-refractivity contribution in [3.8, 4) is 0 Å². The average molecular weight is 196 g/mol. The van der Waals surface area contributed by atoms with Crippen LogP contribution in [0.25, 0.3) is 0 Å². The van der Waals surface area contributed by atoms with Gasteiger partial charge >= 0.3 is 0 Å². The summed E-state index contributed by atoms with van der Waals surface area (Å²) < 4.78 is 0. The van der Waals surface area contributed by atoms with E-state index in [-0.39, 0.29) is 0 Å². The molecule has 2 saturated carbocycles. The summed E-state index contributed by atoms with van der Waals surface area (Å²) in [5.74, 6) is 1.05. The molecule has 0 heterocycles. The topological polar surface area (TPSA) is 46.3 Å². The fourth-order valence-electron chi connectivity index (χ4n) is 2.03. The van der Waals surface area contributed by atoms with Crippen molar-refractivity contribution in [2.45, 2.75) is 44.6 Å². The Hall–Kier alpha value is -0.570. The molecule has 0 atom stereocenters. The Morgan fingerprint density at radius 1 is 1.29 bits per heavy atom. The molecule has 2 aliphatic rings. The highest BCUT2D eigenvalue weighted by Crippen LogP contribution is 2.34. The maximum atomic E-state index is 11.9. The van der Waals surface area contributed by atoms with Gasteiger partial charge in [-0.05, 0) is 38.0 Å². The summed E-state index contributed by atoms with van der Waals surface area (Å²) in [4.78, 5) is 13.9. The standard InChI is InChI=1S/C11H20N2O/c12-6-7-13(10-2-1-3-10)11(14)8-9-4-5-9/h9-10H,1-8,12H2. The highest BCUT2D eigenvalue weighted by atomic mass is 16.2. The Labute approximate surface area is 85.6 Å². The number of nitrogens with zero attached hydrogens (tertiary/aromatic N) is 1. The fourth-order valence-corrected chi connectivity index (χ4v) is 2.03. The van der Waals surface area contributed by atoms with Crippen molar-refractivity contribution in [3.63, 3.8) is 0 Å². The molecule has 14 heavy (non-hydrogen) atoms. The van der Waals surface area contributed by atoms with E-state index in [0.717, 1.165) is 13.0 Å². The lowest BCUT2D eigenvalue weighted by Crippen LogP contribution is -2.46. The van der Waals surface area contributed by atoms with Crippen molar-refractivity contribution in [2.75, 3.05) is 13.1 Å². The minimum Gasteiger partial charge on any atom is -0.338 e. The zero-order valence-corrected chi connectivity index (χ0v) is 8.74. The lowest BCUT2D eigenvalue weighted by molar-refractivity contribution is -0.135. The van der Waals surface area contributed by atoms with E-state index < -0.39 is 0 Å². The van der Waals surface area contributed by atoms with Gasteiger partial charge in [0, 0.05) is 25.6 Å². The van der Waals surface area contributed by atoms with Gasteiger partial charge in [-0.15, -0.1) is 0 Å². The summed E-state index contributed by atoms with van der Waals surface area (Å²) in [6, 6.07) is 0.518. The first-order valence-electron chi connectivity index (χ1n) is 5.81. The summed E-state index contributed by atoms with van der Waals surface area (Å²) in [5.41, 5.74) is 5.54. The number of rotatable bonds is 5. The Kier molecular flexibility index (Phi) is 3.06. The second-order valence-corrected chi connectivity index (χ2v) is 4.61. The van der Waals surface area contributed by atoms with E-state index in [2.05, 4.69) is 0 Å². The first-order chi connectivity index (χ1) is 6.81. The van der Waals surface area contributed by atoms with Crippen LogP contribution in [0.15, 0.2) is 0 Å². The molecule has 3 heteroatoms. The molecule has 2 fully saturated rings. The predicted octanol–water partition coefficient (Wildman–Crippen LogP) is 1.13. The molecule has 0 unspecified atom stereocenters. The van der Waals surface area contributed by atoms with Crippen LogP contribution in [0, 0.1) is 5.92 Å². The van der Waals surface area contributed by atoms with E-state index in [1.54, 1.807) is 0 Å². The fraction of sp³-hybridized carbons (Fsp3) is 0.909. The maximum absolute atomic E-state index is 11.9. The van der Waals surface area contributed by atoms with Crippen molar-refractivity contribution >= 4 is 5.91 Å². The highest BCUT2D eigenvalue weighted by molar-refractivity contribution is 5.77. The van der Waals surface area contributed by atoms with Gasteiger partial charge in [-0.25, -0.2) is 0 Å². The van der Waals surface area contributed by atoms with E-state index in [4.69, 9.17) is 5.73 Å². The van der Waals surface area contributed by atoms with E-state index in [9.17, 15) is 4.79 Å². The van der Waals surface area contributed by atoms with Crippen molar-refractivity contribution in [2.24, 2.45) is 11.7 Å². The van der Waals surface area contributed by atoms with Crippen LogP contribution < -0.4 is 5.73 Å². The molecule has 0 aromatic rings. The molecular formula is C11H20N2O. The number of amides is 1. The number of hydrogen-bond acceptors (Lipinski definition) is 2. The summed E-state index contributed by atoms with van der Waals surface area (Å²) in [5, 5.41) is 0. The molecule has 2 rings (SSSR count). The van der Waals surface area contributed by atoms with Gasteiger partial charge in [0.05, 0.1) is 0 Å². The molecule has 0 aliphatic heterocycles. The zero-order chi connectivity index (χ0) is 9.97.